The summed E-state index contributed by atoms with van der Waals surface area (Å²) >= 11 is 6.68. The quantitative estimate of drug-likeness (QED) is 0.152. The Bertz CT molecular complexity index is 3360. The Kier molecular flexibility index (Phi) is 15.3. The second-order valence-corrected chi connectivity index (χ2v) is 20.3. The average Bonchev–Trinajstić information content (AvgIpc) is 4.23. The summed E-state index contributed by atoms with van der Waals surface area (Å²) in [5.74, 6) is -0.221. The average molecular weight is 992 g/mol. The van der Waals surface area contributed by atoms with Crippen molar-refractivity contribution in [2.24, 2.45) is 0 Å². The van der Waals surface area contributed by atoms with Gasteiger partial charge in [-0.05, 0) is 135 Å². The van der Waals surface area contributed by atoms with Gasteiger partial charge in [-0.1, -0.05) is 72.8 Å². The standard InChI is InChI=1S/C17H18N2S.C15H14N2S.C13H8FNS.C13H10N2S/c1-3-19(4-2)14-11-9-13(10-12-14)17-18-15-7-5-6-8-16(15)20-17;1-17(2)12-9-7-11(8-10-12)15-16-13-5-3-4-6-14(13)18-15;2*14-10-6-2-1-5-9(10)13-15-11-7-3-4-8-12(11)16-13/h5-12H,3-4H2,1-2H3;3-10H,1-2H3;1-8H;1-8H,14H2. The Morgan fingerprint density at radius 3 is 1.14 bits per heavy atom. The molecule has 0 amide bonds. The van der Waals surface area contributed by atoms with Gasteiger partial charge in [0, 0.05) is 66.5 Å². The zero-order valence-electron chi connectivity index (χ0n) is 39.2. The molecule has 0 aliphatic heterocycles. The second-order valence-electron chi connectivity index (χ2n) is 16.2. The van der Waals surface area contributed by atoms with E-state index in [1.807, 2.05) is 99.0 Å². The summed E-state index contributed by atoms with van der Waals surface area (Å²) in [6, 6.07) is 64.3. The highest BCUT2D eigenvalue weighted by Crippen LogP contribution is 2.35. The lowest BCUT2D eigenvalue weighted by molar-refractivity contribution is 0.631. The minimum atomic E-state index is -0.221. The van der Waals surface area contributed by atoms with E-state index in [9.17, 15) is 4.39 Å². The third-order valence-electron chi connectivity index (χ3n) is 11.3. The molecule has 0 aliphatic carbocycles. The SMILES string of the molecule is CCN(CC)c1ccc(-c2nc3ccccc3s2)cc1.CN(C)c1ccc(-c2nc3ccccc3s2)cc1.Fc1ccccc1-c1nc2ccccc2s1.Nc1ccccc1-c1nc2ccccc2s1. The van der Waals surface area contributed by atoms with Gasteiger partial charge in [-0.25, -0.2) is 24.3 Å². The van der Waals surface area contributed by atoms with Crippen molar-refractivity contribution in [1.82, 2.24) is 19.9 Å². The van der Waals surface area contributed by atoms with Crippen LogP contribution in [0.4, 0.5) is 21.5 Å². The summed E-state index contributed by atoms with van der Waals surface area (Å²) in [7, 11) is 4.10. The van der Waals surface area contributed by atoms with Crippen LogP contribution in [-0.4, -0.2) is 47.1 Å². The number of rotatable bonds is 8. The molecular weight excluding hydrogens is 942 g/mol. The Labute approximate surface area is 423 Å². The molecule has 0 spiro atoms. The van der Waals surface area contributed by atoms with Crippen molar-refractivity contribution >= 4 is 103 Å². The molecule has 70 heavy (non-hydrogen) atoms. The minimum Gasteiger partial charge on any atom is -0.398 e. The number of fused-ring (bicyclic) bond motifs is 4. The Morgan fingerprint density at radius 1 is 0.400 bits per heavy atom. The lowest BCUT2D eigenvalue weighted by Gasteiger charge is -2.20. The van der Waals surface area contributed by atoms with E-state index in [1.165, 1.54) is 54.0 Å². The maximum Gasteiger partial charge on any atom is 0.133 e. The van der Waals surface area contributed by atoms with Crippen LogP contribution < -0.4 is 15.5 Å². The van der Waals surface area contributed by atoms with Gasteiger partial charge in [0.2, 0.25) is 0 Å². The van der Waals surface area contributed by atoms with Crippen LogP contribution in [0.25, 0.3) is 83.2 Å². The zero-order valence-corrected chi connectivity index (χ0v) is 42.4. The number of para-hydroxylation sites is 5. The molecule has 7 nitrogen and oxygen atoms in total. The zero-order chi connectivity index (χ0) is 48.4. The van der Waals surface area contributed by atoms with Crippen molar-refractivity contribution in [3.05, 3.63) is 200 Å². The third kappa shape index (κ3) is 11.2. The first kappa shape index (κ1) is 47.7. The number of anilines is 3. The Hall–Kier alpha value is -7.35. The normalized spacial score (nSPS) is 10.8. The van der Waals surface area contributed by atoms with E-state index in [-0.39, 0.29) is 5.82 Å². The lowest BCUT2D eigenvalue weighted by atomic mass is 10.2. The van der Waals surface area contributed by atoms with Crippen molar-refractivity contribution in [2.75, 3.05) is 42.7 Å². The van der Waals surface area contributed by atoms with E-state index < -0.39 is 0 Å². The van der Waals surface area contributed by atoms with Crippen LogP contribution in [-0.2, 0) is 0 Å². The molecule has 12 heteroatoms. The largest absolute Gasteiger partial charge is 0.398 e. The Morgan fingerprint density at radius 2 is 0.743 bits per heavy atom. The second kappa shape index (κ2) is 22.4. The minimum absolute atomic E-state index is 0.221. The molecule has 0 atom stereocenters. The van der Waals surface area contributed by atoms with Crippen LogP contribution in [0.15, 0.2) is 194 Å². The highest BCUT2D eigenvalue weighted by atomic mass is 32.1. The van der Waals surface area contributed by atoms with Crippen molar-refractivity contribution in [3.8, 4) is 42.3 Å². The van der Waals surface area contributed by atoms with Crippen molar-refractivity contribution in [1.29, 1.82) is 0 Å². The molecule has 4 heterocycles. The first-order chi connectivity index (χ1) is 34.2. The van der Waals surface area contributed by atoms with Gasteiger partial charge in [-0.15, -0.1) is 45.3 Å². The fraction of sp³-hybridized carbons (Fsp3) is 0.103. The Balaban J connectivity index is 0.000000116. The van der Waals surface area contributed by atoms with Crippen LogP contribution in [0.2, 0.25) is 0 Å². The molecule has 0 aliphatic rings. The van der Waals surface area contributed by atoms with Gasteiger partial charge in [-0.3, -0.25) is 0 Å². The maximum atomic E-state index is 13.6. The number of thiazole rings is 4. The van der Waals surface area contributed by atoms with Crippen molar-refractivity contribution in [2.45, 2.75) is 13.8 Å². The summed E-state index contributed by atoms with van der Waals surface area (Å²) in [4.78, 5) is 22.8. The third-order valence-corrected chi connectivity index (χ3v) is 15.7. The first-order valence-electron chi connectivity index (χ1n) is 22.9. The lowest BCUT2D eigenvalue weighted by Crippen LogP contribution is -2.21. The highest BCUT2D eigenvalue weighted by molar-refractivity contribution is 7.22. The van der Waals surface area contributed by atoms with Crippen LogP contribution in [0.3, 0.4) is 0 Å². The molecule has 8 aromatic carbocycles. The summed E-state index contributed by atoms with van der Waals surface area (Å²) in [6.07, 6.45) is 0. The number of nitrogen functional groups attached to an aromatic ring is 1. The molecule has 0 fully saturated rings. The van der Waals surface area contributed by atoms with E-state index >= 15 is 0 Å². The van der Waals surface area contributed by atoms with Gasteiger partial charge in [-0.2, -0.15) is 0 Å². The molecule has 12 rings (SSSR count). The number of nitrogens with two attached hydrogens (primary N) is 1. The number of hydrogen-bond donors (Lipinski definition) is 1. The van der Waals surface area contributed by atoms with E-state index in [2.05, 4.69) is 130 Å². The topological polar surface area (TPSA) is 84.1 Å². The number of nitrogens with zero attached hydrogens (tertiary/aromatic N) is 6. The molecule has 12 aromatic rings. The summed E-state index contributed by atoms with van der Waals surface area (Å²) < 4.78 is 18.3. The number of hydrogen-bond acceptors (Lipinski definition) is 11. The summed E-state index contributed by atoms with van der Waals surface area (Å²) in [5.41, 5.74) is 17.3. The van der Waals surface area contributed by atoms with Crippen molar-refractivity contribution < 1.29 is 4.39 Å². The number of halogens is 1. The molecule has 4 aromatic heterocycles. The molecule has 0 bridgehead atoms. The molecule has 348 valence electrons. The van der Waals surface area contributed by atoms with Crippen LogP contribution in [0, 0.1) is 5.82 Å². The van der Waals surface area contributed by atoms with Crippen LogP contribution >= 0.6 is 45.3 Å². The van der Waals surface area contributed by atoms with Gasteiger partial charge in [0.05, 0.1) is 40.9 Å². The summed E-state index contributed by atoms with van der Waals surface area (Å²) in [5, 5.41) is 3.90. The van der Waals surface area contributed by atoms with Crippen LogP contribution in [0.5, 0.6) is 0 Å². The van der Waals surface area contributed by atoms with E-state index in [1.54, 1.807) is 46.1 Å². The van der Waals surface area contributed by atoms with Crippen LogP contribution in [0.1, 0.15) is 13.8 Å². The van der Waals surface area contributed by atoms with Gasteiger partial charge >= 0.3 is 0 Å². The predicted octanol–water partition coefficient (Wildman–Crippen LogP) is 16.5. The smallest absolute Gasteiger partial charge is 0.133 e. The fourth-order valence-corrected chi connectivity index (χ4v) is 11.5. The molecule has 0 saturated heterocycles. The van der Waals surface area contributed by atoms with Crippen molar-refractivity contribution in [3.63, 3.8) is 0 Å². The van der Waals surface area contributed by atoms with E-state index in [0.29, 0.717) is 5.56 Å². The predicted molar refractivity (Wildman–Crippen MR) is 302 cm³/mol. The highest BCUT2D eigenvalue weighted by Gasteiger charge is 2.11. The molecule has 0 unspecified atom stereocenters. The monoisotopic (exact) mass is 991 g/mol. The summed E-state index contributed by atoms with van der Waals surface area (Å²) in [6.45, 7) is 6.45. The molecule has 0 radical (unpaired) electrons. The van der Waals surface area contributed by atoms with Gasteiger partial charge in [0.25, 0.3) is 0 Å². The first-order valence-corrected chi connectivity index (χ1v) is 26.2. The van der Waals surface area contributed by atoms with Gasteiger partial charge in [0.1, 0.15) is 25.8 Å². The fourth-order valence-electron chi connectivity index (χ4n) is 7.60. The van der Waals surface area contributed by atoms with E-state index in [4.69, 9.17) is 10.7 Å². The number of benzene rings is 8. The number of aromatic nitrogens is 4. The van der Waals surface area contributed by atoms with Gasteiger partial charge < -0.3 is 15.5 Å². The van der Waals surface area contributed by atoms with E-state index in [0.717, 1.165) is 71.1 Å². The maximum absolute atomic E-state index is 13.6. The van der Waals surface area contributed by atoms with Gasteiger partial charge in [0.15, 0.2) is 0 Å². The molecular formula is C58H50FN7S4. The molecule has 2 N–H and O–H groups in total. The molecule has 0 saturated carbocycles.